The van der Waals surface area contributed by atoms with Crippen molar-refractivity contribution in [2.45, 2.75) is 65.2 Å². The molecule has 2 heterocycles. The van der Waals surface area contributed by atoms with E-state index in [1.165, 1.54) is 11.9 Å². The number of aromatic nitrogens is 4. The fraction of sp³-hybridized carbons (Fsp3) is 0.423. The van der Waals surface area contributed by atoms with E-state index in [-0.39, 0.29) is 23.3 Å². The second-order valence-electron chi connectivity index (χ2n) is 9.02. The summed E-state index contributed by atoms with van der Waals surface area (Å²) < 4.78 is 0. The third-order valence-electron chi connectivity index (χ3n) is 6.56. The molecule has 3 N–H and O–H groups in total. The molecule has 0 bridgehead atoms. The number of aryl methyl sites for hydroxylation is 1. The van der Waals surface area contributed by atoms with E-state index in [4.69, 9.17) is 0 Å². The average molecular weight is 433 g/mol. The fourth-order valence-electron chi connectivity index (χ4n) is 4.86. The van der Waals surface area contributed by atoms with Crippen molar-refractivity contribution in [2.75, 3.05) is 0 Å². The minimum Gasteiger partial charge on any atom is -0.507 e. The molecule has 1 aromatic carbocycles. The van der Waals surface area contributed by atoms with Crippen molar-refractivity contribution in [3.63, 3.8) is 0 Å². The first-order chi connectivity index (χ1) is 15.4. The molecule has 1 aliphatic rings. The summed E-state index contributed by atoms with van der Waals surface area (Å²) in [5, 5.41) is 22.7. The first-order valence-corrected chi connectivity index (χ1v) is 11.5. The average Bonchev–Trinajstić information content (AvgIpc) is 3.17. The van der Waals surface area contributed by atoms with E-state index in [0.717, 1.165) is 49.7 Å². The number of imidazole rings is 1. The number of aromatic amines is 1. The first-order valence-electron chi connectivity index (χ1n) is 11.5. The van der Waals surface area contributed by atoms with E-state index in [1.807, 2.05) is 13.0 Å². The molecule has 168 valence electrons. The van der Waals surface area contributed by atoms with Crippen LogP contribution in [0, 0.1) is 5.92 Å². The number of nitrogens with zero attached hydrogens (tertiary/aromatic N) is 3. The molecule has 3 aromatic rings. The zero-order chi connectivity index (χ0) is 22.8. The molecule has 2 aromatic heterocycles. The van der Waals surface area contributed by atoms with Crippen LogP contribution >= 0.6 is 0 Å². The van der Waals surface area contributed by atoms with E-state index in [0.29, 0.717) is 28.1 Å². The molecule has 2 unspecified atom stereocenters. The van der Waals surface area contributed by atoms with Gasteiger partial charge in [0.05, 0.1) is 11.8 Å². The third-order valence-corrected chi connectivity index (χ3v) is 6.56. The molecular weight excluding hydrogens is 400 g/mol. The van der Waals surface area contributed by atoms with Crippen LogP contribution in [0.3, 0.4) is 0 Å². The Kier molecular flexibility index (Phi) is 6.31. The Balaban J connectivity index is 1.91. The monoisotopic (exact) mass is 432 g/mol. The van der Waals surface area contributed by atoms with Crippen LogP contribution in [0.2, 0.25) is 0 Å². The van der Waals surface area contributed by atoms with Gasteiger partial charge in [0, 0.05) is 11.5 Å². The summed E-state index contributed by atoms with van der Waals surface area (Å²) in [6.45, 7) is 10.5. The van der Waals surface area contributed by atoms with Crippen molar-refractivity contribution in [3.05, 3.63) is 53.5 Å². The van der Waals surface area contributed by atoms with Gasteiger partial charge < -0.3 is 15.2 Å². The van der Waals surface area contributed by atoms with Crippen molar-refractivity contribution in [1.82, 2.24) is 19.9 Å². The first kappa shape index (κ1) is 22.1. The quantitative estimate of drug-likeness (QED) is 0.306. The summed E-state index contributed by atoms with van der Waals surface area (Å²) in [7, 11) is 0. The van der Waals surface area contributed by atoms with Crippen molar-refractivity contribution in [3.8, 4) is 22.9 Å². The van der Waals surface area contributed by atoms with Crippen LogP contribution in [0.1, 0.15) is 69.9 Å². The normalized spacial score (nSPS) is 18.7. The topological polar surface area (TPSA) is 94.9 Å². The number of fused-ring (bicyclic) bond motifs is 1. The summed E-state index contributed by atoms with van der Waals surface area (Å²) in [5.41, 5.74) is 5.67. The number of allylic oxidation sites excluding steroid dienone is 3. The van der Waals surface area contributed by atoms with Crippen LogP contribution in [0.5, 0.6) is 11.5 Å². The van der Waals surface area contributed by atoms with Gasteiger partial charge in [0.15, 0.2) is 5.65 Å². The number of hydrogen-bond donors (Lipinski definition) is 3. The van der Waals surface area contributed by atoms with Crippen LogP contribution in [-0.2, 0) is 6.42 Å². The molecule has 0 spiro atoms. The SMILES string of the molecule is C=C(C)C1CCC(C)=CC1c1c(O)cc(CCCCC)c(-c2nc3cncnc3[nH]2)c1O. The van der Waals surface area contributed by atoms with Crippen LogP contribution in [0.15, 0.2) is 42.4 Å². The summed E-state index contributed by atoms with van der Waals surface area (Å²) in [6.07, 6.45) is 11.1. The number of hydrogen-bond acceptors (Lipinski definition) is 5. The van der Waals surface area contributed by atoms with Gasteiger partial charge >= 0.3 is 0 Å². The lowest BCUT2D eigenvalue weighted by Gasteiger charge is -2.32. The second kappa shape index (κ2) is 9.15. The molecule has 0 fully saturated rings. The number of benzene rings is 1. The van der Waals surface area contributed by atoms with E-state index >= 15 is 0 Å². The van der Waals surface area contributed by atoms with Crippen LogP contribution in [0.25, 0.3) is 22.6 Å². The van der Waals surface area contributed by atoms with Gasteiger partial charge in [-0.2, -0.15) is 0 Å². The van der Waals surface area contributed by atoms with Crippen molar-refractivity contribution in [1.29, 1.82) is 0 Å². The third kappa shape index (κ3) is 4.14. The van der Waals surface area contributed by atoms with Gasteiger partial charge in [0.2, 0.25) is 0 Å². The summed E-state index contributed by atoms with van der Waals surface area (Å²) in [5.74, 6) is 0.806. The summed E-state index contributed by atoms with van der Waals surface area (Å²) in [6, 6.07) is 1.81. The lowest BCUT2D eigenvalue weighted by Crippen LogP contribution is -2.17. The van der Waals surface area contributed by atoms with Crippen molar-refractivity contribution < 1.29 is 10.2 Å². The van der Waals surface area contributed by atoms with Crippen LogP contribution in [0.4, 0.5) is 0 Å². The van der Waals surface area contributed by atoms with Gasteiger partial charge in [-0.3, -0.25) is 0 Å². The maximum atomic E-state index is 11.6. The molecule has 2 atom stereocenters. The maximum Gasteiger partial charge on any atom is 0.161 e. The molecule has 6 nitrogen and oxygen atoms in total. The Morgan fingerprint density at radius 3 is 2.81 bits per heavy atom. The molecule has 0 amide bonds. The predicted molar refractivity (Wildman–Crippen MR) is 128 cm³/mol. The Labute approximate surface area is 189 Å². The number of phenolic OH excluding ortho intramolecular Hbond substituents is 2. The lowest BCUT2D eigenvalue weighted by atomic mass is 9.73. The standard InChI is InChI=1S/C26H32N4O2/c1-5-6-7-8-17-12-21(31)23(19-11-16(4)9-10-18(19)15(2)3)24(32)22(17)26-29-20-13-27-14-28-25(20)30-26/h11-14,18-19,31-32H,2,5-10H2,1,3-4H3,(H,27,28,29,30). The minimum atomic E-state index is -0.131. The molecular formula is C26H32N4O2. The molecule has 0 radical (unpaired) electrons. The number of unbranched alkanes of at least 4 members (excludes halogenated alkanes) is 2. The highest BCUT2D eigenvalue weighted by molar-refractivity contribution is 5.80. The highest BCUT2D eigenvalue weighted by atomic mass is 16.3. The van der Waals surface area contributed by atoms with Gasteiger partial charge in [-0.25, -0.2) is 15.0 Å². The molecule has 0 saturated carbocycles. The number of nitrogens with one attached hydrogen (secondary N) is 1. The number of H-pyrrole nitrogens is 1. The van der Waals surface area contributed by atoms with Crippen LogP contribution in [-0.4, -0.2) is 30.1 Å². The molecule has 32 heavy (non-hydrogen) atoms. The molecule has 6 heteroatoms. The number of aromatic hydroxyl groups is 2. The van der Waals surface area contributed by atoms with Gasteiger partial charge in [-0.05, 0) is 57.1 Å². The van der Waals surface area contributed by atoms with E-state index in [9.17, 15) is 10.2 Å². The smallest absolute Gasteiger partial charge is 0.161 e. The molecule has 0 saturated heterocycles. The van der Waals surface area contributed by atoms with Gasteiger partial charge in [0.1, 0.15) is 29.2 Å². The Bertz CT molecular complexity index is 1150. The Morgan fingerprint density at radius 2 is 2.09 bits per heavy atom. The zero-order valence-corrected chi connectivity index (χ0v) is 19.1. The lowest BCUT2D eigenvalue weighted by molar-refractivity contribution is 0.407. The second-order valence-corrected chi connectivity index (χ2v) is 9.02. The number of phenols is 2. The van der Waals surface area contributed by atoms with E-state index < -0.39 is 0 Å². The minimum absolute atomic E-state index is 0.0886. The zero-order valence-electron chi connectivity index (χ0n) is 19.1. The fourth-order valence-corrected chi connectivity index (χ4v) is 4.86. The van der Waals surface area contributed by atoms with E-state index in [1.54, 1.807) is 6.20 Å². The van der Waals surface area contributed by atoms with Crippen LogP contribution < -0.4 is 0 Å². The summed E-state index contributed by atoms with van der Waals surface area (Å²) >= 11 is 0. The highest BCUT2D eigenvalue weighted by Gasteiger charge is 2.32. The van der Waals surface area contributed by atoms with Gasteiger partial charge in [-0.15, -0.1) is 0 Å². The number of rotatable bonds is 7. The van der Waals surface area contributed by atoms with Crippen molar-refractivity contribution in [2.24, 2.45) is 5.92 Å². The van der Waals surface area contributed by atoms with E-state index in [2.05, 4.69) is 46.4 Å². The maximum absolute atomic E-state index is 11.6. The largest absolute Gasteiger partial charge is 0.507 e. The summed E-state index contributed by atoms with van der Waals surface area (Å²) in [4.78, 5) is 16.2. The molecule has 1 aliphatic carbocycles. The Hall–Kier alpha value is -3.15. The van der Waals surface area contributed by atoms with Gasteiger partial charge in [0.25, 0.3) is 0 Å². The predicted octanol–water partition coefficient (Wildman–Crippen LogP) is 6.18. The van der Waals surface area contributed by atoms with Crippen molar-refractivity contribution >= 4 is 11.2 Å². The highest BCUT2D eigenvalue weighted by Crippen LogP contribution is 2.50. The molecule has 4 rings (SSSR count). The van der Waals surface area contributed by atoms with Gasteiger partial charge in [-0.1, -0.05) is 43.6 Å². The Morgan fingerprint density at radius 1 is 1.28 bits per heavy atom. The molecule has 0 aliphatic heterocycles.